The molecule has 0 aliphatic carbocycles. The number of rotatable bonds is 16. The molecule has 436 valence electrons. The van der Waals surface area contributed by atoms with Crippen LogP contribution in [-0.2, 0) is 68.9 Å². The number of sulfonamides is 2. The molecular formula is C62H70Cl2N10O7S2. The number of fused-ring (bicyclic) bond motifs is 4. The van der Waals surface area contributed by atoms with Crippen molar-refractivity contribution in [3.05, 3.63) is 190 Å². The lowest BCUT2D eigenvalue weighted by Crippen LogP contribution is -2.40. The maximum Gasteiger partial charge on any atom is 0.305 e. The number of likely N-dealkylation sites (tertiary alicyclic amines) is 2. The SMILES string of the molecule is Clc1c(CN2CCCCC2)nc2n1CCNC2.O=C(C[C@@H](NS(=O)(=O)c1ccc2ccccc2c1)c1ccccc1)N1CCn2c(nc(CN3CCCCC3)c2Cl)C1.O=C(O)C[C@@H](NS(=O)(=O)c1ccc2ccccc2c1)c1ccccc1. The van der Waals surface area contributed by atoms with Gasteiger partial charge in [0.2, 0.25) is 26.0 Å². The Morgan fingerprint density at radius 3 is 1.46 bits per heavy atom. The van der Waals surface area contributed by atoms with Gasteiger partial charge in [-0.05, 0) is 109 Å². The summed E-state index contributed by atoms with van der Waals surface area (Å²) < 4.78 is 62.0. The van der Waals surface area contributed by atoms with Gasteiger partial charge in [0.15, 0.2) is 0 Å². The summed E-state index contributed by atoms with van der Waals surface area (Å²) in [5, 5.41) is 17.5. The number of piperidine rings is 2. The van der Waals surface area contributed by atoms with Crippen molar-refractivity contribution in [3.63, 3.8) is 0 Å². The van der Waals surface area contributed by atoms with E-state index < -0.39 is 38.1 Å². The molecule has 1 amide bonds. The Bertz CT molecular complexity index is 3760. The van der Waals surface area contributed by atoms with Gasteiger partial charge < -0.3 is 24.5 Å². The lowest BCUT2D eigenvalue weighted by atomic mass is 10.0. The van der Waals surface area contributed by atoms with Gasteiger partial charge in [0.05, 0.1) is 52.8 Å². The topological polar surface area (TPSA) is 204 Å². The maximum absolute atomic E-state index is 13.6. The molecule has 0 radical (unpaired) electrons. The number of imidazole rings is 2. The van der Waals surface area contributed by atoms with Crippen LogP contribution in [0.15, 0.2) is 155 Å². The first-order valence-electron chi connectivity index (χ1n) is 28.4. The highest BCUT2D eigenvalue weighted by Crippen LogP contribution is 2.30. The fourth-order valence-electron chi connectivity index (χ4n) is 11.2. The molecule has 4 aliphatic heterocycles. The molecule has 2 saturated heterocycles. The van der Waals surface area contributed by atoms with E-state index in [1.165, 1.54) is 57.7 Å². The van der Waals surface area contributed by atoms with Crippen LogP contribution in [0, 0.1) is 0 Å². The zero-order valence-electron chi connectivity index (χ0n) is 46.3. The highest BCUT2D eigenvalue weighted by atomic mass is 35.5. The first-order valence-corrected chi connectivity index (χ1v) is 32.1. The summed E-state index contributed by atoms with van der Waals surface area (Å²) >= 11 is 13.1. The van der Waals surface area contributed by atoms with Crippen molar-refractivity contribution < 1.29 is 31.5 Å². The average Bonchev–Trinajstić information content (AvgIpc) is 4.11. The molecular weight excluding hydrogens is 1130 g/mol. The molecule has 4 aliphatic rings. The van der Waals surface area contributed by atoms with Crippen LogP contribution in [0.5, 0.6) is 0 Å². The van der Waals surface area contributed by atoms with Crippen molar-refractivity contribution in [2.45, 2.75) is 113 Å². The first kappa shape index (κ1) is 59.6. The molecule has 2 fully saturated rings. The van der Waals surface area contributed by atoms with Crippen molar-refractivity contribution in [3.8, 4) is 0 Å². The number of aliphatic carboxylic acids is 1. The van der Waals surface area contributed by atoms with Gasteiger partial charge in [-0.1, -0.05) is 157 Å². The van der Waals surface area contributed by atoms with E-state index in [2.05, 4.69) is 34.1 Å². The van der Waals surface area contributed by atoms with Gasteiger partial charge in [0.25, 0.3) is 0 Å². The van der Waals surface area contributed by atoms with Crippen LogP contribution in [0.3, 0.4) is 0 Å². The molecule has 2 aromatic heterocycles. The molecule has 17 nitrogen and oxygen atoms in total. The van der Waals surface area contributed by atoms with Crippen LogP contribution >= 0.6 is 23.2 Å². The van der Waals surface area contributed by atoms with Gasteiger partial charge in [0, 0.05) is 45.7 Å². The van der Waals surface area contributed by atoms with Crippen LogP contribution < -0.4 is 14.8 Å². The van der Waals surface area contributed by atoms with Gasteiger partial charge in [-0.3, -0.25) is 19.4 Å². The minimum absolute atomic E-state index is 0.00804. The fraction of sp³-hybridized carbons (Fsp3) is 0.355. The fourth-order valence-corrected chi connectivity index (χ4v) is 14.3. The number of nitrogens with one attached hydrogen (secondary N) is 3. The minimum atomic E-state index is -3.90. The minimum Gasteiger partial charge on any atom is -0.481 e. The molecule has 0 spiro atoms. The largest absolute Gasteiger partial charge is 0.481 e. The van der Waals surface area contributed by atoms with E-state index in [0.717, 1.165) is 101 Å². The number of carboxylic acids is 1. The molecule has 2 atom stereocenters. The van der Waals surface area contributed by atoms with Crippen LogP contribution in [-0.4, -0.2) is 107 Å². The zero-order chi connectivity index (χ0) is 57.9. The summed E-state index contributed by atoms with van der Waals surface area (Å²) in [6.45, 7) is 10.3. The highest BCUT2D eigenvalue weighted by molar-refractivity contribution is 7.89. The second kappa shape index (κ2) is 27.5. The third-order valence-corrected chi connectivity index (χ3v) is 19.4. The third-order valence-electron chi connectivity index (χ3n) is 15.6. The summed E-state index contributed by atoms with van der Waals surface area (Å²) in [5.41, 5.74) is 3.26. The Hall–Kier alpha value is -6.52. The number of hydrogen-bond acceptors (Lipinski definition) is 11. The quantitative estimate of drug-likeness (QED) is 0.0714. The van der Waals surface area contributed by atoms with Crippen LogP contribution in [0.4, 0.5) is 0 Å². The van der Waals surface area contributed by atoms with E-state index in [1.54, 1.807) is 65.6 Å². The van der Waals surface area contributed by atoms with Crippen LogP contribution in [0.1, 0.15) is 97.6 Å². The van der Waals surface area contributed by atoms with E-state index in [4.69, 9.17) is 33.3 Å². The number of hydrogen-bond donors (Lipinski definition) is 4. The number of aromatic nitrogens is 4. The summed E-state index contributed by atoms with van der Waals surface area (Å²) in [6.07, 6.45) is 7.31. The Morgan fingerprint density at radius 2 is 0.976 bits per heavy atom. The van der Waals surface area contributed by atoms with E-state index in [-0.39, 0.29) is 28.5 Å². The molecule has 0 unspecified atom stereocenters. The van der Waals surface area contributed by atoms with Crippen molar-refractivity contribution in [2.24, 2.45) is 0 Å². The van der Waals surface area contributed by atoms with Gasteiger partial charge in [-0.15, -0.1) is 0 Å². The Morgan fingerprint density at radius 1 is 0.530 bits per heavy atom. The normalized spacial score (nSPS) is 16.6. The Kier molecular flexibility index (Phi) is 19.7. The lowest BCUT2D eigenvalue weighted by Gasteiger charge is -2.29. The Balaban J connectivity index is 0.000000155. The molecule has 4 N–H and O–H groups in total. The van der Waals surface area contributed by atoms with Crippen LogP contribution in [0.2, 0.25) is 10.3 Å². The van der Waals surface area contributed by atoms with Gasteiger partial charge in [-0.25, -0.2) is 36.2 Å². The van der Waals surface area contributed by atoms with Crippen molar-refractivity contribution in [1.82, 2.24) is 48.6 Å². The van der Waals surface area contributed by atoms with Gasteiger partial charge in [-0.2, -0.15) is 0 Å². The number of carbonyl (C=O) groups excluding carboxylic acids is 1. The Labute approximate surface area is 495 Å². The number of nitrogens with zero attached hydrogens (tertiary/aromatic N) is 7. The second-order valence-electron chi connectivity index (χ2n) is 21.5. The van der Waals surface area contributed by atoms with Gasteiger partial charge >= 0.3 is 5.97 Å². The highest BCUT2D eigenvalue weighted by Gasteiger charge is 2.31. The van der Waals surface area contributed by atoms with Crippen LogP contribution in [0.25, 0.3) is 21.5 Å². The molecule has 6 heterocycles. The van der Waals surface area contributed by atoms with Crippen molar-refractivity contribution in [1.29, 1.82) is 0 Å². The van der Waals surface area contributed by atoms with E-state index >= 15 is 0 Å². The predicted molar refractivity (Wildman–Crippen MR) is 324 cm³/mol. The van der Waals surface area contributed by atoms with E-state index in [1.807, 2.05) is 83.4 Å². The average molecular weight is 1200 g/mol. The summed E-state index contributed by atoms with van der Waals surface area (Å²) in [7, 11) is -7.76. The number of carbonyl (C=O) groups is 2. The third kappa shape index (κ3) is 15.2. The zero-order valence-corrected chi connectivity index (χ0v) is 49.4. The van der Waals surface area contributed by atoms with Crippen molar-refractivity contribution >= 4 is 76.7 Å². The molecule has 83 heavy (non-hydrogen) atoms. The molecule has 0 bridgehead atoms. The summed E-state index contributed by atoms with van der Waals surface area (Å²) in [5.74, 6) is 0.654. The van der Waals surface area contributed by atoms with Crippen molar-refractivity contribution in [2.75, 3.05) is 39.3 Å². The monoisotopic (exact) mass is 1200 g/mol. The predicted octanol–water partition coefficient (Wildman–Crippen LogP) is 10.1. The number of amides is 1. The lowest BCUT2D eigenvalue weighted by molar-refractivity contribution is -0.137. The standard InChI is InChI=1S/C31H34ClN5O3S.C19H17NO4S.C12H19ClN4/c32-31-28(21-35-15-7-2-8-16-35)33-29-22-36(17-18-37(29)31)30(38)20-27(24-10-3-1-4-11-24)34-41(39,40)26-14-13-23-9-5-6-12-25(23)19-26;21-19(22)13-18(15-7-2-1-3-8-15)20-25(23,24)17-11-10-14-6-4-5-9-16(14)12-17;13-12-10(9-16-5-2-1-3-6-16)15-11-8-14-4-7-17(11)12/h1,3-6,9-14,19,27,34H,2,7-8,15-18,20-22H2;1-12,18,20H,13H2,(H,21,22);14H,1-9H2/t27-;18-;/m11./s1. The number of benzene rings is 6. The molecule has 21 heteroatoms. The summed E-state index contributed by atoms with van der Waals surface area (Å²) in [6, 6.07) is 41.4. The van der Waals surface area contributed by atoms with E-state index in [0.29, 0.717) is 30.4 Å². The molecule has 12 rings (SSSR count). The molecule has 8 aromatic rings. The van der Waals surface area contributed by atoms with Gasteiger partial charge in [0.1, 0.15) is 22.0 Å². The summed E-state index contributed by atoms with van der Waals surface area (Å²) in [4.78, 5) is 41.1. The first-order chi connectivity index (χ1) is 40.2. The number of halogens is 2. The van der Waals surface area contributed by atoms with E-state index in [9.17, 15) is 26.4 Å². The molecule has 0 saturated carbocycles. The second-order valence-corrected chi connectivity index (χ2v) is 25.6. The number of carboxylic acid groups (broad SMARTS) is 1. The molecule has 6 aromatic carbocycles. The maximum atomic E-state index is 13.6. The smallest absolute Gasteiger partial charge is 0.305 e.